The fraction of sp³-hybridized carbons (Fsp3) is 0.615. The number of likely N-dealkylation sites (N-methyl/N-ethyl adjacent to an activating group) is 1. The first-order valence-electron chi connectivity index (χ1n) is 6.40. The van der Waals surface area contributed by atoms with Crippen molar-refractivity contribution in [2.45, 2.75) is 25.6 Å². The molecule has 0 spiro atoms. The first-order chi connectivity index (χ1) is 8.91. The normalized spacial score (nSPS) is 20.3. The minimum Gasteiger partial charge on any atom is -0.355 e. The molecule has 19 heavy (non-hydrogen) atoms. The molecule has 0 unspecified atom stereocenters. The molecular weight excluding hydrogens is 255 g/mol. The van der Waals surface area contributed by atoms with Gasteiger partial charge in [-0.25, -0.2) is 4.98 Å². The van der Waals surface area contributed by atoms with Gasteiger partial charge in [-0.15, -0.1) is 0 Å². The summed E-state index contributed by atoms with van der Waals surface area (Å²) in [6, 6.07) is 2.53. The maximum Gasteiger partial charge on any atom is 0.416 e. The summed E-state index contributed by atoms with van der Waals surface area (Å²) in [5, 5.41) is 0. The van der Waals surface area contributed by atoms with Crippen LogP contribution in [0.4, 0.5) is 19.0 Å². The lowest BCUT2D eigenvalue weighted by atomic mass is 10.2. The molecule has 0 aromatic carbocycles. The Kier molecular flexibility index (Phi) is 3.99. The average molecular weight is 273 g/mol. The fourth-order valence-electron chi connectivity index (χ4n) is 2.34. The lowest BCUT2D eigenvalue weighted by Crippen LogP contribution is -2.34. The summed E-state index contributed by atoms with van der Waals surface area (Å²) in [6.45, 7) is 4.50. The van der Waals surface area contributed by atoms with Crippen LogP contribution in [0.5, 0.6) is 0 Å². The van der Waals surface area contributed by atoms with Crippen LogP contribution in [0.15, 0.2) is 18.3 Å². The van der Waals surface area contributed by atoms with Crippen LogP contribution in [0.1, 0.15) is 18.9 Å². The van der Waals surface area contributed by atoms with Crippen LogP contribution in [0.2, 0.25) is 0 Å². The highest BCUT2D eigenvalue weighted by Crippen LogP contribution is 2.31. The van der Waals surface area contributed by atoms with Crippen molar-refractivity contribution >= 4 is 5.82 Å². The van der Waals surface area contributed by atoms with Crippen LogP contribution in [-0.4, -0.2) is 42.6 Å². The van der Waals surface area contributed by atoms with Crippen LogP contribution in [0.25, 0.3) is 0 Å². The van der Waals surface area contributed by atoms with Crippen molar-refractivity contribution in [1.82, 2.24) is 9.88 Å². The SMILES string of the molecule is CCN(C)[C@@H]1CCN(c2cc(C(F)(F)F)ccn2)C1. The lowest BCUT2D eigenvalue weighted by Gasteiger charge is -2.23. The molecule has 3 nitrogen and oxygen atoms in total. The zero-order chi connectivity index (χ0) is 14.0. The van der Waals surface area contributed by atoms with Gasteiger partial charge in [0.25, 0.3) is 0 Å². The summed E-state index contributed by atoms with van der Waals surface area (Å²) in [4.78, 5) is 8.20. The van der Waals surface area contributed by atoms with Crippen molar-refractivity contribution in [2.24, 2.45) is 0 Å². The van der Waals surface area contributed by atoms with Crippen molar-refractivity contribution in [1.29, 1.82) is 0 Å². The van der Waals surface area contributed by atoms with Gasteiger partial charge in [-0.1, -0.05) is 6.92 Å². The van der Waals surface area contributed by atoms with Crippen molar-refractivity contribution in [2.75, 3.05) is 31.6 Å². The van der Waals surface area contributed by atoms with E-state index in [4.69, 9.17) is 0 Å². The zero-order valence-electron chi connectivity index (χ0n) is 11.1. The number of aromatic nitrogens is 1. The largest absolute Gasteiger partial charge is 0.416 e. The second-order valence-electron chi connectivity index (χ2n) is 4.86. The van der Waals surface area contributed by atoms with Crippen LogP contribution >= 0.6 is 0 Å². The van der Waals surface area contributed by atoms with E-state index in [1.807, 2.05) is 11.9 Å². The Hall–Kier alpha value is -1.30. The van der Waals surface area contributed by atoms with E-state index in [9.17, 15) is 13.2 Å². The topological polar surface area (TPSA) is 19.4 Å². The summed E-state index contributed by atoms with van der Waals surface area (Å²) < 4.78 is 38.0. The van der Waals surface area contributed by atoms with Gasteiger partial charge in [-0.05, 0) is 32.1 Å². The fourth-order valence-corrected chi connectivity index (χ4v) is 2.34. The summed E-state index contributed by atoms with van der Waals surface area (Å²) in [6.07, 6.45) is -2.12. The first kappa shape index (κ1) is 14.1. The molecule has 0 radical (unpaired) electrons. The predicted molar refractivity (Wildman–Crippen MR) is 68.2 cm³/mol. The molecule has 1 saturated heterocycles. The van der Waals surface area contributed by atoms with E-state index in [2.05, 4.69) is 16.8 Å². The Balaban J connectivity index is 2.12. The first-order valence-corrected chi connectivity index (χ1v) is 6.40. The molecular formula is C13H18F3N3. The maximum absolute atomic E-state index is 12.7. The maximum atomic E-state index is 12.7. The van der Waals surface area contributed by atoms with Gasteiger partial charge in [-0.2, -0.15) is 13.2 Å². The zero-order valence-corrected chi connectivity index (χ0v) is 11.1. The molecule has 1 aliphatic heterocycles. The molecule has 6 heteroatoms. The second kappa shape index (κ2) is 5.36. The molecule has 1 aliphatic rings. The molecule has 106 valence electrons. The average Bonchev–Trinajstić information content (AvgIpc) is 2.86. The monoisotopic (exact) mass is 273 g/mol. The molecule has 0 aliphatic carbocycles. The summed E-state index contributed by atoms with van der Waals surface area (Å²) in [5.74, 6) is 0.418. The molecule has 0 amide bonds. The van der Waals surface area contributed by atoms with E-state index in [1.54, 1.807) is 0 Å². The van der Waals surface area contributed by atoms with E-state index in [1.165, 1.54) is 6.20 Å². The standard InChI is InChI=1S/C13H18F3N3/c1-3-18(2)11-5-7-19(9-11)12-8-10(4-6-17-12)13(14,15)16/h4,6,8,11H,3,5,7,9H2,1-2H3/t11-/m1/s1. The molecule has 2 heterocycles. The van der Waals surface area contributed by atoms with Gasteiger partial charge in [0.15, 0.2) is 0 Å². The van der Waals surface area contributed by atoms with E-state index >= 15 is 0 Å². The highest BCUT2D eigenvalue weighted by Gasteiger charge is 2.32. The number of hydrogen-bond acceptors (Lipinski definition) is 3. The van der Waals surface area contributed by atoms with Gasteiger partial charge in [0.1, 0.15) is 5.82 Å². The Bertz CT molecular complexity index is 433. The van der Waals surface area contributed by atoms with Crippen molar-refractivity contribution in [3.05, 3.63) is 23.9 Å². The molecule has 1 aromatic rings. The van der Waals surface area contributed by atoms with E-state index in [0.29, 0.717) is 11.9 Å². The van der Waals surface area contributed by atoms with Gasteiger partial charge < -0.3 is 9.80 Å². The molecule has 0 bridgehead atoms. The minimum absolute atomic E-state index is 0.390. The van der Waals surface area contributed by atoms with Crippen molar-refractivity contribution in [3.8, 4) is 0 Å². The molecule has 0 saturated carbocycles. The molecule has 0 N–H and O–H groups in total. The third-order valence-electron chi connectivity index (χ3n) is 3.68. The van der Waals surface area contributed by atoms with Gasteiger partial charge >= 0.3 is 6.18 Å². The second-order valence-corrected chi connectivity index (χ2v) is 4.86. The van der Waals surface area contributed by atoms with Gasteiger partial charge in [-0.3, -0.25) is 0 Å². The molecule has 2 rings (SSSR count). The summed E-state index contributed by atoms with van der Waals surface area (Å²) >= 11 is 0. The summed E-state index contributed by atoms with van der Waals surface area (Å²) in [5.41, 5.74) is -0.634. The van der Waals surface area contributed by atoms with E-state index in [-0.39, 0.29) is 0 Å². The number of nitrogens with zero attached hydrogens (tertiary/aromatic N) is 3. The number of halogens is 3. The molecule has 1 fully saturated rings. The van der Waals surface area contributed by atoms with Crippen LogP contribution in [0.3, 0.4) is 0 Å². The Morgan fingerprint density at radius 2 is 2.21 bits per heavy atom. The number of rotatable bonds is 3. The van der Waals surface area contributed by atoms with Crippen LogP contribution in [0, 0.1) is 0 Å². The Labute approximate surface area is 111 Å². The van der Waals surface area contributed by atoms with Gasteiger partial charge in [0.2, 0.25) is 0 Å². The minimum atomic E-state index is -4.31. The highest BCUT2D eigenvalue weighted by molar-refractivity contribution is 5.43. The summed E-state index contributed by atoms with van der Waals surface area (Å²) in [7, 11) is 2.04. The smallest absolute Gasteiger partial charge is 0.355 e. The lowest BCUT2D eigenvalue weighted by molar-refractivity contribution is -0.137. The van der Waals surface area contributed by atoms with E-state index in [0.717, 1.165) is 38.2 Å². The highest BCUT2D eigenvalue weighted by atomic mass is 19.4. The number of pyridine rings is 1. The van der Waals surface area contributed by atoms with Crippen molar-refractivity contribution < 1.29 is 13.2 Å². The quantitative estimate of drug-likeness (QED) is 0.844. The Morgan fingerprint density at radius 1 is 1.47 bits per heavy atom. The van der Waals surface area contributed by atoms with E-state index < -0.39 is 11.7 Å². The predicted octanol–water partition coefficient (Wildman–Crippen LogP) is 2.63. The Morgan fingerprint density at radius 3 is 2.84 bits per heavy atom. The number of alkyl halides is 3. The third-order valence-corrected chi connectivity index (χ3v) is 3.68. The van der Waals surface area contributed by atoms with Gasteiger partial charge in [0.05, 0.1) is 5.56 Å². The molecule has 1 aromatic heterocycles. The molecule has 1 atom stereocenters. The van der Waals surface area contributed by atoms with Crippen molar-refractivity contribution in [3.63, 3.8) is 0 Å². The van der Waals surface area contributed by atoms with Crippen LogP contribution in [-0.2, 0) is 6.18 Å². The number of anilines is 1. The number of hydrogen-bond donors (Lipinski definition) is 0. The van der Waals surface area contributed by atoms with Crippen LogP contribution < -0.4 is 4.90 Å². The third kappa shape index (κ3) is 3.18. The van der Waals surface area contributed by atoms with Gasteiger partial charge in [0, 0.05) is 25.3 Å².